The number of aryl methyl sites for hydroxylation is 1. The Morgan fingerprint density at radius 1 is 1.35 bits per heavy atom. The molecule has 3 amide bonds. The third kappa shape index (κ3) is 3.66. The van der Waals surface area contributed by atoms with E-state index < -0.39 is 28.5 Å². The number of likely N-dealkylation sites (N-methyl/N-ethyl adjacent to an activating group) is 1. The van der Waals surface area contributed by atoms with E-state index in [4.69, 9.17) is 0 Å². The van der Waals surface area contributed by atoms with Crippen molar-refractivity contribution in [2.75, 3.05) is 20.6 Å². The molecule has 164 valence electrons. The summed E-state index contributed by atoms with van der Waals surface area (Å²) in [6.45, 7) is -0.00890. The number of pyridine rings is 1. The van der Waals surface area contributed by atoms with Crippen LogP contribution in [0.4, 0.5) is 4.79 Å². The van der Waals surface area contributed by atoms with Gasteiger partial charge in [-0.2, -0.15) is 18.6 Å². The van der Waals surface area contributed by atoms with E-state index in [1.54, 1.807) is 51.8 Å². The number of nitrogens with zero attached hydrogens (tertiary/aromatic N) is 6. The molecule has 1 saturated heterocycles. The number of hydrogen-bond donors (Lipinski definition) is 1. The molecular weight excluding hydrogens is 428 g/mol. The van der Waals surface area contributed by atoms with E-state index in [2.05, 4.69) is 14.4 Å². The molecule has 2 aromatic heterocycles. The first-order chi connectivity index (χ1) is 14.6. The van der Waals surface area contributed by atoms with Crippen molar-refractivity contribution < 1.29 is 26.8 Å². The number of hydroxylamine groups is 2. The number of urea groups is 1. The minimum absolute atomic E-state index is 0.00890. The van der Waals surface area contributed by atoms with E-state index in [0.29, 0.717) is 22.0 Å². The van der Waals surface area contributed by atoms with Crippen LogP contribution < -0.4 is 0 Å². The summed E-state index contributed by atoms with van der Waals surface area (Å²) in [6, 6.07) is 0.848. The predicted octanol–water partition coefficient (Wildman–Crippen LogP) is 0.642. The number of fused-ring (bicyclic) bond motifs is 4. The number of rotatable bonds is 5. The van der Waals surface area contributed by atoms with Gasteiger partial charge in [-0.15, -0.1) is 4.28 Å². The molecule has 4 heterocycles. The zero-order valence-corrected chi connectivity index (χ0v) is 17.7. The van der Waals surface area contributed by atoms with Gasteiger partial charge in [-0.25, -0.2) is 4.79 Å². The molecule has 12 nitrogen and oxygen atoms in total. The molecule has 2 aliphatic heterocycles. The van der Waals surface area contributed by atoms with E-state index in [1.165, 1.54) is 14.5 Å². The summed E-state index contributed by atoms with van der Waals surface area (Å²) in [4.78, 5) is 32.4. The SMILES string of the molecule is CN(C)C(=O)C1c2c(c(/C=C/c3cccnc3)nn2C)C2CN1C(=O)N2OS(=O)(=O)O. The Balaban J connectivity index is 1.86. The summed E-state index contributed by atoms with van der Waals surface area (Å²) in [6.07, 6.45) is 6.74. The second-order valence-electron chi connectivity index (χ2n) is 7.34. The number of carbonyl (C=O) groups excluding carboxylic acids is 2. The Bertz CT molecular complexity index is 1180. The van der Waals surface area contributed by atoms with Gasteiger partial charge >= 0.3 is 16.4 Å². The zero-order chi connectivity index (χ0) is 22.5. The maximum Gasteiger partial charge on any atom is 0.418 e. The van der Waals surface area contributed by atoms with Crippen molar-refractivity contribution in [3.63, 3.8) is 0 Å². The largest absolute Gasteiger partial charge is 0.418 e. The molecule has 13 heteroatoms. The number of aromatic nitrogens is 3. The topological polar surface area (TPSA) is 138 Å². The van der Waals surface area contributed by atoms with Gasteiger partial charge in [0.1, 0.15) is 6.04 Å². The first-order valence-corrected chi connectivity index (χ1v) is 10.6. The second kappa shape index (κ2) is 7.44. The fraction of sp³-hybridized carbons (Fsp3) is 0.333. The molecule has 1 fully saturated rings. The first kappa shape index (κ1) is 21.0. The minimum atomic E-state index is -4.97. The summed E-state index contributed by atoms with van der Waals surface area (Å²) in [5.74, 6) is -0.382. The van der Waals surface area contributed by atoms with E-state index in [0.717, 1.165) is 5.56 Å². The molecule has 2 aromatic rings. The van der Waals surface area contributed by atoms with Crippen LogP contribution in [-0.2, 0) is 26.5 Å². The number of amides is 3. The van der Waals surface area contributed by atoms with E-state index in [-0.39, 0.29) is 12.5 Å². The van der Waals surface area contributed by atoms with Crippen LogP contribution in [0, 0.1) is 0 Å². The lowest BCUT2D eigenvalue weighted by Gasteiger charge is -2.32. The Morgan fingerprint density at radius 2 is 2.10 bits per heavy atom. The average molecular weight is 448 g/mol. The van der Waals surface area contributed by atoms with Crippen LogP contribution in [-0.4, -0.2) is 75.2 Å². The molecule has 0 aliphatic carbocycles. The van der Waals surface area contributed by atoms with Crippen molar-refractivity contribution in [1.29, 1.82) is 0 Å². The van der Waals surface area contributed by atoms with Crippen LogP contribution >= 0.6 is 0 Å². The fourth-order valence-electron chi connectivity index (χ4n) is 3.86. The molecule has 0 aromatic carbocycles. The Labute approximate surface area is 178 Å². The van der Waals surface area contributed by atoms with Gasteiger partial charge in [0.25, 0.3) is 5.91 Å². The zero-order valence-electron chi connectivity index (χ0n) is 16.9. The quantitative estimate of drug-likeness (QED) is 0.658. The molecule has 2 aliphatic rings. The molecule has 31 heavy (non-hydrogen) atoms. The van der Waals surface area contributed by atoms with Gasteiger partial charge in [-0.1, -0.05) is 12.1 Å². The molecule has 1 N–H and O–H groups in total. The maximum atomic E-state index is 13.0. The Morgan fingerprint density at radius 3 is 2.71 bits per heavy atom. The van der Waals surface area contributed by atoms with Crippen LogP contribution in [0.2, 0.25) is 0 Å². The maximum absolute atomic E-state index is 13.0. The molecular formula is C18H20N6O6S. The van der Waals surface area contributed by atoms with Gasteiger partial charge in [0, 0.05) is 39.1 Å². The van der Waals surface area contributed by atoms with Crippen molar-refractivity contribution >= 4 is 34.5 Å². The van der Waals surface area contributed by atoms with Gasteiger partial charge < -0.3 is 9.80 Å². The highest BCUT2D eigenvalue weighted by Gasteiger charge is 2.55. The molecule has 0 spiro atoms. The fourth-order valence-corrected chi connectivity index (χ4v) is 4.23. The lowest BCUT2D eigenvalue weighted by molar-refractivity contribution is -0.133. The van der Waals surface area contributed by atoms with E-state index in [1.807, 2.05) is 6.07 Å². The summed E-state index contributed by atoms with van der Waals surface area (Å²) in [7, 11) is -0.216. The van der Waals surface area contributed by atoms with Crippen molar-refractivity contribution in [1.82, 2.24) is 29.6 Å². The monoisotopic (exact) mass is 448 g/mol. The van der Waals surface area contributed by atoms with Gasteiger partial charge in [0.15, 0.2) is 6.04 Å². The van der Waals surface area contributed by atoms with Crippen LogP contribution in [0.5, 0.6) is 0 Å². The molecule has 4 rings (SSSR count). The van der Waals surface area contributed by atoms with Gasteiger partial charge in [-0.3, -0.25) is 19.0 Å². The second-order valence-corrected chi connectivity index (χ2v) is 8.35. The number of carbonyl (C=O) groups is 2. The van der Waals surface area contributed by atoms with Gasteiger partial charge in [0.05, 0.1) is 17.9 Å². The van der Waals surface area contributed by atoms with Crippen molar-refractivity contribution in [3.8, 4) is 0 Å². The predicted molar refractivity (Wildman–Crippen MR) is 107 cm³/mol. The minimum Gasteiger partial charge on any atom is -0.347 e. The molecule has 2 unspecified atom stereocenters. The van der Waals surface area contributed by atoms with E-state index in [9.17, 15) is 22.6 Å². The highest BCUT2D eigenvalue weighted by molar-refractivity contribution is 7.80. The average Bonchev–Trinajstić information content (AvgIpc) is 3.17. The summed E-state index contributed by atoms with van der Waals surface area (Å²) in [5, 5.41) is 5.05. The van der Waals surface area contributed by atoms with Crippen LogP contribution in [0.15, 0.2) is 24.5 Å². The lowest BCUT2D eigenvalue weighted by atomic mass is 9.94. The third-order valence-electron chi connectivity index (χ3n) is 5.12. The highest BCUT2D eigenvalue weighted by atomic mass is 32.3. The van der Waals surface area contributed by atoms with Crippen molar-refractivity contribution in [2.45, 2.75) is 12.1 Å². The first-order valence-electron chi connectivity index (χ1n) is 9.21. The lowest BCUT2D eigenvalue weighted by Crippen LogP contribution is -2.44. The van der Waals surface area contributed by atoms with Crippen LogP contribution in [0.3, 0.4) is 0 Å². The summed E-state index contributed by atoms with van der Waals surface area (Å²) >= 11 is 0. The van der Waals surface area contributed by atoms with Crippen molar-refractivity contribution in [2.24, 2.45) is 7.05 Å². The highest BCUT2D eigenvalue weighted by Crippen LogP contribution is 2.46. The Kier molecular flexibility index (Phi) is 5.03. The molecule has 2 atom stereocenters. The van der Waals surface area contributed by atoms with Gasteiger partial charge in [-0.05, 0) is 17.7 Å². The smallest absolute Gasteiger partial charge is 0.347 e. The molecule has 2 bridgehead atoms. The number of hydrogen-bond acceptors (Lipinski definition) is 7. The molecule has 0 radical (unpaired) electrons. The van der Waals surface area contributed by atoms with Gasteiger partial charge in [0.2, 0.25) is 0 Å². The third-order valence-corrected chi connectivity index (χ3v) is 5.47. The normalized spacial score (nSPS) is 20.5. The summed E-state index contributed by atoms with van der Waals surface area (Å²) in [5.41, 5.74) is 2.14. The van der Waals surface area contributed by atoms with Crippen LogP contribution in [0.25, 0.3) is 12.2 Å². The van der Waals surface area contributed by atoms with Crippen LogP contribution in [0.1, 0.15) is 34.6 Å². The standard InChI is InChI=1S/C18H20N6O6S/c1-21(2)17(25)16-15-14(13-10-23(16)18(26)24(13)30-31(27,28)29)12(20-22(15)3)7-6-11-5-4-8-19-9-11/h4-9,13,16H,10H2,1-3H3,(H,27,28,29)/b7-6+. The van der Waals surface area contributed by atoms with Crippen molar-refractivity contribution in [3.05, 3.63) is 47.0 Å². The summed E-state index contributed by atoms with van der Waals surface area (Å²) < 4.78 is 38.0. The Hall–Kier alpha value is -3.29. The molecule has 0 saturated carbocycles. The van der Waals surface area contributed by atoms with E-state index >= 15 is 0 Å².